The molecule has 4 aromatic rings. The number of aliphatic hydroxyl groups excluding tert-OH is 2. The third-order valence-electron chi connectivity index (χ3n) is 24.0. The standard InChI is InChI=1S/C24H32FN2O7PS2.C24H32FN2O6PS2.C23H30FN2O7PS2.C23H31N2O7PS2/c1-16-26-20(29)9-12-27(16)22-24(4,25)21-18(33-22)15-32-35(30,34-21)31-14-10-17-7-5-6-8-19(17)36-37-23(2,3)11-13-28;1-6-23(3,4)36-35-19-10-8-7-9-17(19)12-14-30-34(29)31-15-18-21(33-34)24(5,25)22(32-18)27-13-11-20(28)26-16(27)2;1-15-25-19(28)9-11-26(15)21-23(4,24)20-17(32-21)13-31-34(29,33-20)30-12-10-16-7-5-6-8-18(16)35-36-22(2,3)14-27;1-15-24-19(26)10-12-25(15)21-23(5,27)20-17(31-21)14-30-33(28,32-20)29-13-11-16-8-6-7-9-18(16)34-35-22(2,3)4/h5-9,12,18,21-22,28H,1,10-11,13-15H2,2-4H3,(H,26,29);7-11,13,18,21-22H,2,6,12,14-15H2,1,3-5H3,(H,26,28);5-9,11,17,20-21,27H,1,10,12-14H2,2-4H3,(H,25,28);6-10,12,17,20-21,27H,1,11,13-14H2,2-5H3,(H,24,26)/t18-,21-,22-,24-,35?;18-,21-,22-,24-,34?;17-,20-,21-,23-,34?;17-,20-,21-,23-,33?/m1111/s1. The molecular formula is C94H125F3N8O27P4S8. The average molecular weight is 2240 g/mol. The maximum Gasteiger partial charge on any atom is 0.475 e. The fourth-order valence-corrected chi connectivity index (χ4v) is 31.5. The Morgan fingerprint density at radius 3 is 0.938 bits per heavy atom. The summed E-state index contributed by atoms with van der Waals surface area (Å²) in [6.45, 7) is 41.4. The first-order valence-corrected chi connectivity index (χ1v) is 60.7. The van der Waals surface area contributed by atoms with Crippen LogP contribution in [0.3, 0.4) is 0 Å². The number of rotatable bonds is 35. The zero-order chi connectivity index (χ0) is 105. The lowest BCUT2D eigenvalue weighted by molar-refractivity contribution is -0.123. The Balaban J connectivity index is 0.000000161. The van der Waals surface area contributed by atoms with E-state index in [1.807, 2.05) is 110 Å². The second-order valence-electron chi connectivity index (χ2n) is 38.3. The second kappa shape index (κ2) is 48.3. The number of fused-ring (bicyclic) bond motifs is 4. The smallest absolute Gasteiger partial charge is 0.396 e. The van der Waals surface area contributed by atoms with E-state index in [2.05, 4.69) is 115 Å². The van der Waals surface area contributed by atoms with E-state index in [-0.39, 0.29) is 132 Å². The van der Waals surface area contributed by atoms with Crippen molar-refractivity contribution < 1.29 is 139 Å². The molecule has 7 N–H and O–H groups in total. The van der Waals surface area contributed by atoms with Gasteiger partial charge in [0.05, 0.1) is 59.5 Å². The Hall–Kier alpha value is -5.37. The van der Waals surface area contributed by atoms with Gasteiger partial charge < -0.3 is 75.1 Å². The number of hydrogen-bond donors (Lipinski definition) is 7. The molecule has 4 amide bonds. The van der Waals surface area contributed by atoms with E-state index in [1.165, 1.54) is 96.4 Å². The molecule has 12 heterocycles. The van der Waals surface area contributed by atoms with Gasteiger partial charge in [0.1, 0.15) is 77.7 Å². The van der Waals surface area contributed by atoms with Gasteiger partial charge in [0.2, 0.25) is 0 Å². The van der Waals surface area contributed by atoms with Crippen LogP contribution in [-0.4, -0.2) is 240 Å². The lowest BCUT2D eigenvalue weighted by atomic mass is 9.96. The summed E-state index contributed by atoms with van der Waals surface area (Å²) < 4.78 is 190. The first-order valence-electron chi connectivity index (χ1n) is 46.2. The number of halogens is 3. The van der Waals surface area contributed by atoms with Crippen LogP contribution < -0.4 is 21.3 Å². The van der Waals surface area contributed by atoms with Crippen LogP contribution in [-0.2, 0) is 136 Å². The number of ether oxygens (including phenoxy) is 4. The summed E-state index contributed by atoms with van der Waals surface area (Å²) in [5.41, 5.74) is -3.79. The molecule has 20 atom stereocenters. The minimum absolute atomic E-state index is 0.0330. The Morgan fingerprint density at radius 2 is 0.660 bits per heavy atom. The molecule has 16 rings (SSSR count). The van der Waals surface area contributed by atoms with Crippen molar-refractivity contribution in [1.29, 1.82) is 0 Å². The van der Waals surface area contributed by atoms with Gasteiger partial charge in [-0.3, -0.25) is 73.5 Å². The molecule has 35 nitrogen and oxygen atoms in total. The quantitative estimate of drug-likeness (QED) is 0.0166. The van der Waals surface area contributed by atoms with Gasteiger partial charge in [-0.25, -0.2) is 31.4 Å². The Morgan fingerprint density at radius 1 is 0.403 bits per heavy atom. The van der Waals surface area contributed by atoms with Crippen molar-refractivity contribution in [2.45, 2.75) is 270 Å². The van der Waals surface area contributed by atoms with E-state index in [0.29, 0.717) is 32.1 Å². The van der Waals surface area contributed by atoms with Gasteiger partial charge >= 0.3 is 31.3 Å². The molecule has 12 aliphatic heterocycles. The van der Waals surface area contributed by atoms with Gasteiger partial charge in [-0.05, 0) is 154 Å². The molecule has 0 aromatic heterocycles. The number of amides is 4. The van der Waals surface area contributed by atoms with E-state index in [4.69, 9.17) is 73.2 Å². The van der Waals surface area contributed by atoms with Crippen LogP contribution in [0.5, 0.6) is 0 Å². The van der Waals surface area contributed by atoms with E-state index in [0.717, 1.165) is 48.3 Å². The van der Waals surface area contributed by atoms with Gasteiger partial charge in [0, 0.05) is 94.3 Å². The normalized spacial score (nSPS) is 32.5. The van der Waals surface area contributed by atoms with Crippen molar-refractivity contribution in [2.75, 3.05) is 66.1 Å². The number of phosphoric ester groups is 4. The highest BCUT2D eigenvalue weighted by molar-refractivity contribution is 8.78. The van der Waals surface area contributed by atoms with Crippen molar-refractivity contribution in [1.82, 2.24) is 40.9 Å². The highest BCUT2D eigenvalue weighted by Crippen LogP contribution is 2.64. The first kappa shape index (κ1) is 116. The molecule has 144 heavy (non-hydrogen) atoms. The summed E-state index contributed by atoms with van der Waals surface area (Å²) in [4.78, 5) is 56.0. The van der Waals surface area contributed by atoms with Crippen LogP contribution in [0.15, 0.2) is 215 Å². The molecule has 0 radical (unpaired) electrons. The van der Waals surface area contributed by atoms with Gasteiger partial charge in [-0.1, -0.05) is 213 Å². The van der Waals surface area contributed by atoms with Crippen LogP contribution in [0, 0.1) is 0 Å². The lowest BCUT2D eigenvalue weighted by Gasteiger charge is -2.38. The zero-order valence-corrected chi connectivity index (χ0v) is 92.2. The van der Waals surface area contributed by atoms with Crippen molar-refractivity contribution in [3.05, 3.63) is 218 Å². The summed E-state index contributed by atoms with van der Waals surface area (Å²) in [7, 11) is -2.65. The number of carbonyl (C=O) groups excluding carboxylic acids is 4. The predicted octanol–water partition coefficient (Wildman–Crippen LogP) is 18.5. The van der Waals surface area contributed by atoms with Crippen LogP contribution in [0.1, 0.15) is 132 Å². The molecule has 0 spiro atoms. The number of carbonyl (C=O) groups is 4. The van der Waals surface area contributed by atoms with Gasteiger partial charge in [-0.15, -0.1) is 0 Å². The van der Waals surface area contributed by atoms with Gasteiger partial charge in [-0.2, -0.15) is 0 Å². The summed E-state index contributed by atoms with van der Waals surface area (Å²) in [6.07, 6.45) is 2.18. The summed E-state index contributed by atoms with van der Waals surface area (Å²) in [5.74, 6) is -0.687. The highest BCUT2D eigenvalue weighted by Gasteiger charge is 2.67. The third-order valence-corrected chi connectivity index (χ3v) is 43.6. The summed E-state index contributed by atoms with van der Waals surface area (Å²) in [6, 6.07) is 31.6. The van der Waals surface area contributed by atoms with E-state index in [1.54, 1.807) is 75.6 Å². The van der Waals surface area contributed by atoms with Gasteiger partial charge in [0.25, 0.3) is 23.6 Å². The molecule has 8 fully saturated rings. The Labute approximate surface area is 869 Å². The topological polar surface area (TPSA) is 406 Å². The van der Waals surface area contributed by atoms with Crippen LogP contribution in [0.4, 0.5) is 13.2 Å². The minimum Gasteiger partial charge on any atom is -0.396 e. The molecule has 0 saturated carbocycles. The maximum atomic E-state index is 16.0. The number of alkyl halides is 3. The monoisotopic (exact) mass is 2230 g/mol. The number of nitrogens with one attached hydrogen (secondary N) is 4. The van der Waals surface area contributed by atoms with Crippen LogP contribution in [0.25, 0.3) is 0 Å². The maximum absolute atomic E-state index is 16.0. The molecule has 12 aliphatic rings. The van der Waals surface area contributed by atoms with Crippen molar-refractivity contribution in [3.8, 4) is 0 Å². The van der Waals surface area contributed by atoms with Crippen LogP contribution >= 0.6 is 118 Å². The zero-order valence-electron chi connectivity index (χ0n) is 82.0. The largest absolute Gasteiger partial charge is 0.475 e. The molecule has 4 unspecified atom stereocenters. The number of nitrogens with zero attached hydrogens (tertiary/aromatic N) is 4. The van der Waals surface area contributed by atoms with Crippen molar-refractivity contribution in [3.63, 3.8) is 0 Å². The molecule has 0 bridgehead atoms. The molecule has 8 saturated heterocycles. The van der Waals surface area contributed by atoms with E-state index in [9.17, 15) is 52.8 Å². The molecule has 4 aromatic carbocycles. The van der Waals surface area contributed by atoms with Crippen molar-refractivity contribution >= 4 is 141 Å². The van der Waals surface area contributed by atoms with E-state index < -0.39 is 128 Å². The van der Waals surface area contributed by atoms with Gasteiger partial charge in [0.15, 0.2) is 41.9 Å². The number of aliphatic hydroxyl groups is 3. The Bertz CT molecular complexity index is 5510. The minimum atomic E-state index is -4.05. The predicted molar refractivity (Wildman–Crippen MR) is 550 cm³/mol. The molecule has 0 aliphatic carbocycles. The molecular weight excluding hydrogens is 2110 g/mol. The van der Waals surface area contributed by atoms with Crippen LogP contribution in [0.2, 0.25) is 0 Å². The number of phosphoric acid groups is 4. The van der Waals surface area contributed by atoms with Crippen molar-refractivity contribution in [2.24, 2.45) is 0 Å². The third kappa shape index (κ3) is 29.4. The average Bonchev–Trinajstić information content (AvgIpc) is 1.60. The fraction of sp³-hybridized carbons (Fsp3) is 0.532. The summed E-state index contributed by atoms with van der Waals surface area (Å²) >= 11 is 0. The number of benzene rings is 4. The Kier molecular flexibility index (Phi) is 38.8. The molecule has 50 heteroatoms. The number of hydrogen-bond acceptors (Lipinski definition) is 39. The second-order valence-corrected chi connectivity index (χ2v) is 56.4. The first-order chi connectivity index (χ1) is 67.7. The lowest BCUT2D eigenvalue weighted by Crippen LogP contribution is -2.54. The fourth-order valence-electron chi connectivity index (χ4n) is 15.8. The van der Waals surface area contributed by atoms with E-state index >= 15 is 13.2 Å². The summed E-state index contributed by atoms with van der Waals surface area (Å²) in [5, 5.41) is 40.1. The molecule has 792 valence electrons. The highest BCUT2D eigenvalue weighted by atomic mass is 33.1. The SMILES string of the molecule is C=C1NC(=O)C=CN1[C@@H]1O[C@@H]2COP(=O)(OCCc3ccccc3SSC(C)(C)C)O[C@H]2[C@@]1(C)O.C=C1NC(=O)C=CN1[C@@H]1O[C@@H]2COP(=O)(OCCc3ccccc3SSC(C)(C)CC)O[C@H]2[C@@]1(C)F.C=C1NC(=O)C=CN1[C@@H]1O[C@@H]2COP(=O)(OCCc3ccccc3SSC(C)(C)CCO)O[C@H]2[C@@]1(C)F.C=C1NC(=O)C=CN1[C@@H]1O[C@@H]2COP(=O)(OCCc3ccccc3SSC(C)(C)CO)O[C@H]2[C@@]1(C)F.